The van der Waals surface area contributed by atoms with Gasteiger partial charge in [-0.3, -0.25) is 4.79 Å². The van der Waals surface area contributed by atoms with Crippen LogP contribution in [0.1, 0.15) is 10.4 Å². The first-order valence-electron chi connectivity index (χ1n) is 8.71. The zero-order valence-electron chi connectivity index (χ0n) is 15.4. The quantitative estimate of drug-likeness (QED) is 0.470. The van der Waals surface area contributed by atoms with Gasteiger partial charge < -0.3 is 9.64 Å². The second-order valence-corrected chi connectivity index (χ2v) is 8.26. The van der Waals surface area contributed by atoms with Gasteiger partial charge in [-0.2, -0.15) is 0 Å². The van der Waals surface area contributed by atoms with Gasteiger partial charge in [0, 0.05) is 23.5 Å². The highest BCUT2D eigenvalue weighted by molar-refractivity contribution is 7.96. The number of fused-ring (bicyclic) bond motifs is 1. The van der Waals surface area contributed by atoms with E-state index in [1.807, 2.05) is 0 Å². The minimum atomic E-state index is -4.13. The number of halogens is 1. The molecule has 3 aromatic rings. The lowest BCUT2D eigenvalue weighted by Crippen LogP contribution is -2.26. The van der Waals surface area contributed by atoms with Gasteiger partial charge >= 0.3 is 0 Å². The summed E-state index contributed by atoms with van der Waals surface area (Å²) in [6, 6.07) is 18.4. The topological polar surface area (TPSA) is 63.7 Å². The summed E-state index contributed by atoms with van der Waals surface area (Å²) in [6.07, 6.45) is 1.24. The van der Waals surface area contributed by atoms with Crippen LogP contribution in [0.25, 0.3) is 0 Å². The van der Waals surface area contributed by atoms with Gasteiger partial charge in [0.2, 0.25) is 15.6 Å². The Kier molecular flexibility index (Phi) is 4.68. The number of carbonyl (C=O) groups is 1. The van der Waals surface area contributed by atoms with Crippen LogP contribution in [0.3, 0.4) is 0 Å². The molecular weight excluding hydrogens is 393 g/mol. The second-order valence-electron chi connectivity index (χ2n) is 6.38. The number of benzene rings is 3. The fourth-order valence-corrected chi connectivity index (χ4v) is 4.69. The fourth-order valence-electron chi connectivity index (χ4n) is 3.17. The molecule has 0 unspecified atom stereocenters. The SMILES string of the molecule is COc1cccc(N2C=C(C(=O)c3ccccc3)S(=O)(=O)c3ccc(F)cc32)c1. The van der Waals surface area contributed by atoms with E-state index in [1.54, 1.807) is 54.6 Å². The fraction of sp³-hybridized carbons (Fsp3) is 0.0455. The average molecular weight is 409 g/mol. The van der Waals surface area contributed by atoms with E-state index in [4.69, 9.17) is 4.74 Å². The van der Waals surface area contributed by atoms with Gasteiger partial charge in [0.05, 0.1) is 17.7 Å². The van der Waals surface area contributed by atoms with E-state index in [2.05, 4.69) is 0 Å². The molecule has 0 fully saturated rings. The van der Waals surface area contributed by atoms with Crippen molar-refractivity contribution >= 4 is 27.0 Å². The Morgan fingerprint density at radius 2 is 1.72 bits per heavy atom. The number of nitrogens with zero attached hydrogens (tertiary/aromatic N) is 1. The lowest BCUT2D eigenvalue weighted by atomic mass is 10.1. The van der Waals surface area contributed by atoms with Crippen molar-refractivity contribution in [2.24, 2.45) is 0 Å². The number of ketones is 1. The van der Waals surface area contributed by atoms with Gasteiger partial charge in [0.25, 0.3) is 0 Å². The van der Waals surface area contributed by atoms with Gasteiger partial charge in [-0.15, -0.1) is 0 Å². The molecule has 0 amide bonds. The molecule has 0 aromatic heterocycles. The van der Waals surface area contributed by atoms with Crippen LogP contribution in [0.2, 0.25) is 0 Å². The van der Waals surface area contributed by atoms with Crippen LogP contribution < -0.4 is 9.64 Å². The average Bonchev–Trinajstić information content (AvgIpc) is 2.74. The summed E-state index contributed by atoms with van der Waals surface area (Å²) in [5, 5.41) is 0. The third-order valence-electron chi connectivity index (χ3n) is 4.60. The number of Topliss-reactive ketones (excluding diaryl/α,β-unsaturated/α-hetero) is 1. The zero-order chi connectivity index (χ0) is 20.6. The molecule has 0 bridgehead atoms. The van der Waals surface area contributed by atoms with Crippen LogP contribution in [-0.4, -0.2) is 21.3 Å². The number of hydrogen-bond acceptors (Lipinski definition) is 5. The number of ether oxygens (including phenoxy) is 1. The predicted octanol–water partition coefficient (Wildman–Crippen LogP) is 4.48. The summed E-state index contributed by atoms with van der Waals surface area (Å²) in [5.41, 5.74) is 0.908. The van der Waals surface area contributed by atoms with E-state index >= 15 is 0 Å². The van der Waals surface area contributed by atoms with Gasteiger partial charge in [-0.1, -0.05) is 36.4 Å². The smallest absolute Gasteiger partial charge is 0.214 e. The largest absolute Gasteiger partial charge is 0.497 e. The van der Waals surface area contributed by atoms with Crippen molar-refractivity contribution < 1.29 is 22.3 Å². The summed E-state index contributed by atoms with van der Waals surface area (Å²) in [5.74, 6) is -0.676. The Morgan fingerprint density at radius 1 is 0.966 bits per heavy atom. The number of anilines is 2. The van der Waals surface area contributed by atoms with Crippen LogP contribution in [-0.2, 0) is 9.84 Å². The standard InChI is InChI=1S/C22H16FNO4S/c1-28-18-9-5-8-17(13-18)24-14-21(22(25)15-6-3-2-4-7-15)29(26,27)20-11-10-16(23)12-19(20)24/h2-14H,1H3. The van der Waals surface area contributed by atoms with Gasteiger partial charge in [0.15, 0.2) is 0 Å². The van der Waals surface area contributed by atoms with Crippen molar-refractivity contribution in [3.05, 3.63) is 95.3 Å². The summed E-state index contributed by atoms with van der Waals surface area (Å²) in [4.78, 5) is 14.0. The first-order valence-corrected chi connectivity index (χ1v) is 10.2. The number of carbonyl (C=O) groups excluding carboxylic acids is 1. The highest BCUT2D eigenvalue weighted by atomic mass is 32.2. The Morgan fingerprint density at radius 3 is 2.45 bits per heavy atom. The van der Waals surface area contributed by atoms with Crippen molar-refractivity contribution in [3.63, 3.8) is 0 Å². The third kappa shape index (κ3) is 3.30. The lowest BCUT2D eigenvalue weighted by molar-refractivity contribution is 0.104. The van der Waals surface area contributed by atoms with Gasteiger partial charge in [0.1, 0.15) is 16.5 Å². The van der Waals surface area contributed by atoms with Crippen molar-refractivity contribution in [2.45, 2.75) is 4.90 Å². The van der Waals surface area contributed by atoms with E-state index in [-0.39, 0.29) is 21.1 Å². The number of sulfone groups is 1. The summed E-state index contributed by atoms with van der Waals surface area (Å²) in [6.45, 7) is 0. The first-order chi connectivity index (χ1) is 13.9. The molecule has 4 rings (SSSR count). The van der Waals surface area contributed by atoms with Gasteiger partial charge in [-0.05, 0) is 30.3 Å². The van der Waals surface area contributed by atoms with Crippen molar-refractivity contribution in [2.75, 3.05) is 12.0 Å². The molecule has 0 saturated heterocycles. The molecule has 29 heavy (non-hydrogen) atoms. The van der Waals surface area contributed by atoms with Crippen LogP contribution in [0.4, 0.5) is 15.8 Å². The van der Waals surface area contributed by atoms with E-state index < -0.39 is 21.4 Å². The maximum Gasteiger partial charge on any atom is 0.214 e. The highest BCUT2D eigenvalue weighted by Gasteiger charge is 2.36. The van der Waals surface area contributed by atoms with Crippen LogP contribution >= 0.6 is 0 Å². The Balaban J connectivity index is 1.95. The molecular formula is C22H16FNO4S. The summed E-state index contributed by atoms with van der Waals surface area (Å²) in [7, 11) is -2.62. The van der Waals surface area contributed by atoms with E-state index in [0.717, 1.165) is 12.1 Å². The van der Waals surface area contributed by atoms with Crippen molar-refractivity contribution in [1.82, 2.24) is 0 Å². The normalized spacial score (nSPS) is 14.7. The van der Waals surface area contributed by atoms with E-state index in [0.29, 0.717) is 11.4 Å². The molecule has 0 atom stereocenters. The molecule has 1 aliphatic heterocycles. The maximum atomic E-state index is 14.0. The molecule has 0 N–H and O–H groups in total. The molecule has 0 saturated carbocycles. The van der Waals surface area contributed by atoms with Gasteiger partial charge in [-0.25, -0.2) is 12.8 Å². The summed E-state index contributed by atoms with van der Waals surface area (Å²) >= 11 is 0. The molecule has 7 heteroatoms. The maximum absolute atomic E-state index is 14.0. The number of rotatable bonds is 4. The van der Waals surface area contributed by atoms with E-state index in [9.17, 15) is 17.6 Å². The Labute approximate surface area is 167 Å². The minimum absolute atomic E-state index is 0.128. The second kappa shape index (κ2) is 7.18. The lowest BCUT2D eigenvalue weighted by Gasteiger charge is -2.29. The zero-order valence-corrected chi connectivity index (χ0v) is 16.2. The molecule has 1 aliphatic rings. The molecule has 0 aliphatic carbocycles. The predicted molar refractivity (Wildman–Crippen MR) is 108 cm³/mol. The first kappa shape index (κ1) is 18.9. The minimum Gasteiger partial charge on any atom is -0.497 e. The number of allylic oxidation sites excluding steroid dienone is 1. The molecule has 3 aromatic carbocycles. The summed E-state index contributed by atoms with van der Waals surface area (Å²) < 4.78 is 45.5. The monoisotopic (exact) mass is 409 g/mol. The van der Waals surface area contributed by atoms with E-state index in [1.165, 1.54) is 24.3 Å². The third-order valence-corrected chi connectivity index (χ3v) is 6.39. The number of methoxy groups -OCH3 is 1. The van der Waals surface area contributed by atoms with Crippen molar-refractivity contribution in [3.8, 4) is 5.75 Å². The van der Waals surface area contributed by atoms with Crippen molar-refractivity contribution in [1.29, 1.82) is 0 Å². The molecule has 0 radical (unpaired) electrons. The van der Waals surface area contributed by atoms with Crippen LogP contribution in [0.15, 0.2) is 88.8 Å². The molecule has 146 valence electrons. The van der Waals surface area contributed by atoms with Crippen LogP contribution in [0, 0.1) is 5.82 Å². The molecule has 1 heterocycles. The molecule has 5 nitrogen and oxygen atoms in total. The Hall–Kier alpha value is -3.45. The Bertz CT molecular complexity index is 1240. The highest BCUT2D eigenvalue weighted by Crippen LogP contribution is 2.41. The number of hydrogen-bond donors (Lipinski definition) is 0. The van der Waals surface area contributed by atoms with Crippen LogP contribution in [0.5, 0.6) is 5.75 Å². The molecule has 0 spiro atoms.